The Hall–Kier alpha value is -2.18. The van der Waals surface area contributed by atoms with Gasteiger partial charge in [-0.1, -0.05) is 42.1 Å². The second kappa shape index (κ2) is 8.45. The molecule has 0 fully saturated rings. The average Bonchev–Trinajstić information content (AvgIpc) is 2.59. The number of nitrogens with zero attached hydrogens (tertiary/aromatic N) is 3. The number of aromatic nitrogens is 2. The van der Waals surface area contributed by atoms with Crippen LogP contribution in [0.1, 0.15) is 11.3 Å². The van der Waals surface area contributed by atoms with Crippen molar-refractivity contribution >= 4 is 23.5 Å². The molecule has 1 aromatic carbocycles. The van der Waals surface area contributed by atoms with Crippen LogP contribution in [0, 0.1) is 5.41 Å². The van der Waals surface area contributed by atoms with Gasteiger partial charge in [0.2, 0.25) is 5.82 Å². The first kappa shape index (κ1) is 17.2. The minimum atomic E-state index is 0.711. The van der Waals surface area contributed by atoms with Gasteiger partial charge in [0.1, 0.15) is 6.54 Å². The highest BCUT2D eigenvalue weighted by atomic mass is 32.2. The third-order valence-electron chi connectivity index (χ3n) is 3.37. The van der Waals surface area contributed by atoms with Crippen molar-refractivity contribution in [3.05, 3.63) is 59.7 Å². The fraction of sp³-hybridized carbons (Fsp3) is 0.235. The van der Waals surface area contributed by atoms with Gasteiger partial charge in [-0.05, 0) is 12.3 Å². The highest BCUT2D eigenvalue weighted by Crippen LogP contribution is 2.15. The van der Waals surface area contributed by atoms with E-state index in [0.717, 1.165) is 23.6 Å². The number of hydrogen-bond donors (Lipinski definition) is 2. The summed E-state index contributed by atoms with van der Waals surface area (Å²) in [7, 11) is 3.97. The Morgan fingerprint density at radius 3 is 2.61 bits per heavy atom. The van der Waals surface area contributed by atoms with Crippen LogP contribution in [-0.2, 0) is 6.54 Å². The molecule has 120 valence electrons. The Labute approximate surface area is 141 Å². The van der Waals surface area contributed by atoms with Crippen molar-refractivity contribution in [2.75, 3.05) is 20.4 Å². The molecule has 0 aliphatic rings. The van der Waals surface area contributed by atoms with Crippen LogP contribution in [0.4, 0.5) is 0 Å². The molecule has 0 spiro atoms. The van der Waals surface area contributed by atoms with Gasteiger partial charge in [-0.25, -0.2) is 9.97 Å². The van der Waals surface area contributed by atoms with E-state index in [1.807, 2.05) is 49.5 Å². The molecule has 0 unspecified atom stereocenters. The van der Waals surface area contributed by atoms with Gasteiger partial charge in [0.05, 0.1) is 11.3 Å². The van der Waals surface area contributed by atoms with Crippen molar-refractivity contribution in [1.29, 1.82) is 5.41 Å². The van der Waals surface area contributed by atoms with Crippen LogP contribution in [-0.4, -0.2) is 41.4 Å². The fourth-order valence-electron chi connectivity index (χ4n) is 2.23. The van der Waals surface area contributed by atoms with E-state index in [0.29, 0.717) is 5.16 Å². The lowest BCUT2D eigenvalue weighted by molar-refractivity contribution is -0.635. The van der Waals surface area contributed by atoms with Crippen molar-refractivity contribution in [2.45, 2.75) is 11.7 Å². The highest BCUT2D eigenvalue weighted by molar-refractivity contribution is 7.98. The first-order valence-electron chi connectivity index (χ1n) is 7.32. The van der Waals surface area contributed by atoms with E-state index in [1.54, 1.807) is 6.20 Å². The van der Waals surface area contributed by atoms with Gasteiger partial charge in [-0.3, -0.25) is 5.32 Å². The molecule has 0 aliphatic carbocycles. The zero-order valence-electron chi connectivity index (χ0n) is 13.7. The molecule has 1 aromatic heterocycles. The molecule has 0 radical (unpaired) electrons. The Bertz CT molecular complexity index is 682. The third-order valence-corrected chi connectivity index (χ3v) is 3.93. The van der Waals surface area contributed by atoms with Crippen LogP contribution in [0.25, 0.3) is 5.57 Å². The normalized spacial score (nSPS) is 11.8. The molecule has 6 heteroatoms. The fourth-order valence-corrected chi connectivity index (χ4v) is 2.59. The number of hydrogen-bond acceptors (Lipinski definition) is 5. The van der Waals surface area contributed by atoms with Gasteiger partial charge in [-0.2, -0.15) is 0 Å². The molecular formula is C17H22N5S+. The molecule has 3 N–H and O–H groups in total. The number of allylic oxidation sites excluding steroid dienone is 1. The maximum Gasteiger partial charge on any atom is 0.211 e. The molecule has 2 aromatic rings. The molecule has 0 atom stereocenters. The van der Waals surface area contributed by atoms with Crippen LogP contribution in [0.3, 0.4) is 0 Å². The summed E-state index contributed by atoms with van der Waals surface area (Å²) in [5, 5.41) is 10.7. The van der Waals surface area contributed by atoms with E-state index in [9.17, 15) is 0 Å². The van der Waals surface area contributed by atoms with E-state index in [4.69, 9.17) is 5.41 Å². The van der Waals surface area contributed by atoms with Gasteiger partial charge in [0.25, 0.3) is 0 Å². The highest BCUT2D eigenvalue weighted by Gasteiger charge is 2.16. The van der Waals surface area contributed by atoms with Crippen LogP contribution >= 0.6 is 11.8 Å². The Morgan fingerprint density at radius 2 is 2.00 bits per heavy atom. The van der Waals surface area contributed by atoms with E-state index < -0.39 is 0 Å². The average molecular weight is 328 g/mol. The molecule has 0 aliphatic heterocycles. The molecule has 0 bridgehead atoms. The van der Waals surface area contributed by atoms with Crippen molar-refractivity contribution in [1.82, 2.24) is 14.9 Å². The van der Waals surface area contributed by atoms with Crippen molar-refractivity contribution in [3.8, 4) is 0 Å². The van der Waals surface area contributed by atoms with E-state index in [2.05, 4.69) is 27.4 Å². The quantitative estimate of drug-likeness (QED) is 0.462. The van der Waals surface area contributed by atoms with Crippen molar-refractivity contribution in [3.63, 3.8) is 0 Å². The number of thioether (sulfide) groups is 1. The second-order valence-electron chi connectivity index (χ2n) is 5.16. The topological polar surface area (TPSA) is 69.5 Å². The summed E-state index contributed by atoms with van der Waals surface area (Å²) < 4.78 is 0. The first-order valence-corrected chi connectivity index (χ1v) is 8.54. The summed E-state index contributed by atoms with van der Waals surface area (Å²) in [5.74, 6) is 0.981. The van der Waals surface area contributed by atoms with E-state index in [1.165, 1.54) is 23.5 Å². The minimum absolute atomic E-state index is 0.711. The van der Waals surface area contributed by atoms with Gasteiger partial charge in [-0.15, -0.1) is 0 Å². The van der Waals surface area contributed by atoms with Gasteiger partial charge in [0.15, 0.2) is 5.16 Å². The third kappa shape index (κ3) is 4.64. The molecule has 0 amide bonds. The predicted molar refractivity (Wildman–Crippen MR) is 95.3 cm³/mol. The number of benzene rings is 1. The van der Waals surface area contributed by atoms with Gasteiger partial charge < -0.3 is 10.3 Å². The van der Waals surface area contributed by atoms with Gasteiger partial charge >= 0.3 is 0 Å². The first-order chi connectivity index (χ1) is 11.2. The molecule has 5 nitrogen and oxygen atoms in total. The maximum atomic E-state index is 7.84. The Balaban J connectivity index is 2.33. The lowest BCUT2D eigenvalue weighted by Crippen LogP contribution is -2.83. The Morgan fingerprint density at radius 1 is 1.26 bits per heavy atom. The maximum absolute atomic E-state index is 7.84. The van der Waals surface area contributed by atoms with Crippen LogP contribution in [0.2, 0.25) is 0 Å². The summed E-state index contributed by atoms with van der Waals surface area (Å²) in [6, 6.07) is 12.1. The van der Waals surface area contributed by atoms with Crippen molar-refractivity contribution < 1.29 is 5.32 Å². The minimum Gasteiger partial charge on any atom is -0.334 e. The Kier molecular flexibility index (Phi) is 6.31. The van der Waals surface area contributed by atoms with Crippen LogP contribution < -0.4 is 5.32 Å². The van der Waals surface area contributed by atoms with E-state index >= 15 is 0 Å². The molecule has 0 saturated carbocycles. The molecule has 0 saturated heterocycles. The molecule has 23 heavy (non-hydrogen) atoms. The van der Waals surface area contributed by atoms with Crippen LogP contribution in [0.15, 0.2) is 53.6 Å². The number of nitrogens with one attached hydrogen (secondary N) is 1. The number of nitrogens with two attached hydrogens (primary N) is 1. The number of rotatable bonds is 7. The van der Waals surface area contributed by atoms with Crippen molar-refractivity contribution in [2.24, 2.45) is 0 Å². The zero-order chi connectivity index (χ0) is 16.7. The summed E-state index contributed by atoms with van der Waals surface area (Å²) in [5.41, 5.74) is 2.81. The van der Waals surface area contributed by atoms with Crippen LogP contribution in [0.5, 0.6) is 0 Å². The largest absolute Gasteiger partial charge is 0.334 e. The summed E-state index contributed by atoms with van der Waals surface area (Å²) >= 11 is 1.50. The summed E-state index contributed by atoms with van der Waals surface area (Å²) in [6.45, 7) is 0.812. The SMILES string of the molecule is CSc1nccc(/C(C=N)=C(/[NH2+]Cc2ccccc2)N(C)C)n1. The second-order valence-corrected chi connectivity index (χ2v) is 5.93. The summed E-state index contributed by atoms with van der Waals surface area (Å²) in [6.07, 6.45) is 5.05. The standard InChI is InChI=1S/C17H21N5S/c1-22(2)16(20-12-13-7-5-4-6-8-13)14(11-18)15-9-10-19-17(21-15)23-3/h4-11,18,20H,12H2,1-3H3/p+1/b16-14-,18-11?. The lowest BCUT2D eigenvalue weighted by atomic mass is 10.1. The summed E-state index contributed by atoms with van der Waals surface area (Å²) in [4.78, 5) is 10.7. The zero-order valence-corrected chi connectivity index (χ0v) is 14.5. The van der Waals surface area contributed by atoms with E-state index in [-0.39, 0.29) is 0 Å². The monoisotopic (exact) mass is 328 g/mol. The lowest BCUT2D eigenvalue weighted by Gasteiger charge is -2.17. The van der Waals surface area contributed by atoms with Gasteiger partial charge in [0, 0.05) is 32.1 Å². The smallest absolute Gasteiger partial charge is 0.211 e. The molecule has 2 rings (SSSR count). The molecule has 1 heterocycles. The predicted octanol–water partition coefficient (Wildman–Crippen LogP) is 1.84. The number of quaternary nitrogens is 1. The molecular weight excluding hydrogens is 306 g/mol.